The van der Waals surface area contributed by atoms with Gasteiger partial charge in [0.2, 0.25) is 5.79 Å². The predicted octanol–water partition coefficient (Wildman–Crippen LogP) is 2.67. The van der Waals surface area contributed by atoms with Crippen molar-refractivity contribution in [1.82, 2.24) is 0 Å². The highest BCUT2D eigenvalue weighted by molar-refractivity contribution is 5.09. The Labute approximate surface area is 185 Å². The predicted molar refractivity (Wildman–Crippen MR) is 111 cm³/mol. The maximum Gasteiger partial charge on any atom is 0.201 e. The van der Waals surface area contributed by atoms with Gasteiger partial charge in [-0.25, -0.2) is 9.78 Å². The fraction of sp³-hybridized carbons (Fsp3) is 1.00. The van der Waals surface area contributed by atoms with Crippen LogP contribution in [0.4, 0.5) is 0 Å². The minimum Gasteiger partial charge on any atom is -0.394 e. The summed E-state index contributed by atoms with van der Waals surface area (Å²) in [5.41, 5.74) is -0.490. The molecule has 5 rings (SSSR count). The summed E-state index contributed by atoms with van der Waals surface area (Å²) in [6, 6.07) is 0. The second-order valence-corrected chi connectivity index (χ2v) is 9.79. The molecule has 0 amide bonds. The molecule has 1 spiro atoms. The fourth-order valence-electron chi connectivity index (χ4n) is 6.11. The van der Waals surface area contributed by atoms with Crippen LogP contribution in [-0.2, 0) is 33.5 Å². The van der Waals surface area contributed by atoms with E-state index in [4.69, 9.17) is 38.6 Å². The van der Waals surface area contributed by atoms with Crippen LogP contribution in [0.2, 0.25) is 0 Å². The van der Waals surface area contributed by atoms with Crippen molar-refractivity contribution in [2.45, 2.75) is 76.7 Å². The highest BCUT2D eigenvalue weighted by atomic mass is 17.3. The van der Waals surface area contributed by atoms with Crippen LogP contribution in [-0.4, -0.2) is 75.1 Å². The van der Waals surface area contributed by atoms with Gasteiger partial charge >= 0.3 is 0 Å². The molecule has 31 heavy (non-hydrogen) atoms. The van der Waals surface area contributed by atoms with Crippen LogP contribution in [0, 0.1) is 23.7 Å². The molecule has 8 heteroatoms. The maximum atomic E-state index is 8.66. The molecule has 4 saturated heterocycles. The van der Waals surface area contributed by atoms with Gasteiger partial charge in [0.1, 0.15) is 0 Å². The lowest BCUT2D eigenvalue weighted by molar-refractivity contribution is -0.571. The normalized spacial score (nSPS) is 44.1. The standard InChI is InChI=1S/C23H40O8/c1-16-4-5-19-17(2)20(7-10-25-12-14-27-15-13-26-11-9-24)28-21-23(19)18(16)6-8-22(3,29-21)30-31-23/h16-21,24H,4-15H2,1-3H3/t16-,17-,18+,19+,20-,21-,22+,23-/m1/s1. The first-order valence-electron chi connectivity index (χ1n) is 12.0. The lowest BCUT2D eigenvalue weighted by atomic mass is 9.57. The molecule has 8 nitrogen and oxygen atoms in total. The number of fused-ring (bicyclic) bond motifs is 2. The summed E-state index contributed by atoms with van der Waals surface area (Å²) in [7, 11) is 0. The van der Waals surface area contributed by atoms with Gasteiger partial charge in [-0.05, 0) is 50.4 Å². The van der Waals surface area contributed by atoms with E-state index in [1.807, 2.05) is 6.92 Å². The van der Waals surface area contributed by atoms with Crippen LogP contribution in [0.3, 0.4) is 0 Å². The van der Waals surface area contributed by atoms with Crippen molar-refractivity contribution in [3.63, 3.8) is 0 Å². The van der Waals surface area contributed by atoms with Gasteiger partial charge in [-0.2, -0.15) is 0 Å². The van der Waals surface area contributed by atoms with Gasteiger partial charge in [0.25, 0.3) is 0 Å². The second-order valence-electron chi connectivity index (χ2n) is 9.79. The Bertz CT molecular complexity index is 576. The third-order valence-electron chi connectivity index (χ3n) is 7.82. The Balaban J connectivity index is 1.27. The molecule has 5 fully saturated rings. The Hall–Kier alpha value is -0.320. The molecule has 0 aromatic carbocycles. The lowest BCUT2D eigenvalue weighted by Gasteiger charge is -2.60. The fourth-order valence-corrected chi connectivity index (χ4v) is 6.11. The molecule has 2 bridgehead atoms. The molecule has 8 atom stereocenters. The number of aliphatic hydroxyl groups is 1. The quantitative estimate of drug-likeness (QED) is 0.385. The number of hydrogen-bond acceptors (Lipinski definition) is 8. The summed E-state index contributed by atoms with van der Waals surface area (Å²) >= 11 is 0. The van der Waals surface area contributed by atoms with E-state index in [-0.39, 0.29) is 19.0 Å². The molecule has 1 N–H and O–H groups in total. The zero-order valence-corrected chi connectivity index (χ0v) is 19.3. The highest BCUT2D eigenvalue weighted by Crippen LogP contribution is 2.60. The monoisotopic (exact) mass is 444 g/mol. The van der Waals surface area contributed by atoms with E-state index < -0.39 is 11.4 Å². The third kappa shape index (κ3) is 4.82. The number of aliphatic hydroxyl groups excluding tert-OH is 1. The van der Waals surface area contributed by atoms with Crippen LogP contribution in [0.1, 0.15) is 52.9 Å². The molecule has 0 radical (unpaired) electrons. The van der Waals surface area contributed by atoms with E-state index in [1.165, 1.54) is 6.42 Å². The van der Waals surface area contributed by atoms with Gasteiger partial charge in [-0.1, -0.05) is 13.8 Å². The summed E-state index contributed by atoms with van der Waals surface area (Å²) < 4.78 is 29.4. The molecule has 4 heterocycles. The molecule has 1 aliphatic carbocycles. The van der Waals surface area contributed by atoms with Crippen molar-refractivity contribution in [1.29, 1.82) is 0 Å². The minimum absolute atomic E-state index is 0.0384. The second kappa shape index (κ2) is 10.3. The SMILES string of the molecule is C[C@H]1[C@@H](CCOCCOCCOCCO)O[C@@H]2O[C@]3(C)CC[C@H]4[C@H](C)CC[C@@H]1[C@@]24OO3. The zero-order valence-electron chi connectivity index (χ0n) is 19.3. The maximum absolute atomic E-state index is 8.66. The van der Waals surface area contributed by atoms with Crippen LogP contribution in [0.5, 0.6) is 0 Å². The van der Waals surface area contributed by atoms with Gasteiger partial charge in [0.15, 0.2) is 11.9 Å². The summed E-state index contributed by atoms with van der Waals surface area (Å²) in [4.78, 5) is 12.1. The van der Waals surface area contributed by atoms with Crippen LogP contribution in [0.25, 0.3) is 0 Å². The molecule has 5 aliphatic rings. The number of rotatable bonds is 11. The minimum atomic E-state index is -0.725. The van der Waals surface area contributed by atoms with E-state index in [0.717, 1.165) is 25.7 Å². The van der Waals surface area contributed by atoms with Crippen molar-refractivity contribution in [2.24, 2.45) is 23.7 Å². The van der Waals surface area contributed by atoms with Gasteiger partial charge in [0, 0.05) is 18.9 Å². The van der Waals surface area contributed by atoms with E-state index in [9.17, 15) is 0 Å². The molecule has 4 aliphatic heterocycles. The Morgan fingerprint density at radius 3 is 2.32 bits per heavy atom. The Kier molecular flexibility index (Phi) is 7.92. The lowest BCUT2D eigenvalue weighted by Crippen LogP contribution is -2.70. The van der Waals surface area contributed by atoms with Crippen molar-refractivity contribution >= 4 is 0 Å². The van der Waals surface area contributed by atoms with Crippen molar-refractivity contribution in [3.8, 4) is 0 Å². The van der Waals surface area contributed by atoms with E-state index in [2.05, 4.69) is 13.8 Å². The van der Waals surface area contributed by atoms with Gasteiger partial charge < -0.3 is 28.8 Å². The highest BCUT2D eigenvalue weighted by Gasteiger charge is 2.69. The van der Waals surface area contributed by atoms with E-state index >= 15 is 0 Å². The van der Waals surface area contributed by atoms with Crippen LogP contribution < -0.4 is 0 Å². The largest absolute Gasteiger partial charge is 0.394 e. The van der Waals surface area contributed by atoms with Gasteiger partial charge in [0.05, 0.1) is 45.7 Å². The van der Waals surface area contributed by atoms with Crippen molar-refractivity contribution < 1.29 is 38.6 Å². The first-order chi connectivity index (χ1) is 15.0. The molecule has 180 valence electrons. The molecule has 0 aromatic rings. The van der Waals surface area contributed by atoms with Crippen LogP contribution in [0.15, 0.2) is 0 Å². The van der Waals surface area contributed by atoms with Crippen molar-refractivity contribution in [2.75, 3.05) is 46.2 Å². The van der Waals surface area contributed by atoms with Crippen LogP contribution >= 0.6 is 0 Å². The smallest absolute Gasteiger partial charge is 0.201 e. The number of ether oxygens (including phenoxy) is 5. The first kappa shape index (κ1) is 23.8. The summed E-state index contributed by atoms with van der Waals surface area (Å²) in [5.74, 6) is 0.971. The average Bonchev–Trinajstić information content (AvgIpc) is 2.99. The molecule has 1 saturated carbocycles. The van der Waals surface area contributed by atoms with E-state index in [0.29, 0.717) is 63.3 Å². The zero-order chi connectivity index (χ0) is 21.9. The Morgan fingerprint density at radius 2 is 1.58 bits per heavy atom. The van der Waals surface area contributed by atoms with Gasteiger partial charge in [-0.15, -0.1) is 0 Å². The summed E-state index contributed by atoms with van der Waals surface area (Å²) in [6.45, 7) is 9.67. The number of hydrogen-bond donors (Lipinski definition) is 1. The Morgan fingerprint density at radius 1 is 0.871 bits per heavy atom. The summed E-state index contributed by atoms with van der Waals surface area (Å²) in [6.07, 6.45) is 4.75. The molecule has 0 aromatic heterocycles. The van der Waals surface area contributed by atoms with Crippen molar-refractivity contribution in [3.05, 3.63) is 0 Å². The topological polar surface area (TPSA) is 84.8 Å². The summed E-state index contributed by atoms with van der Waals surface area (Å²) in [5, 5.41) is 8.66. The third-order valence-corrected chi connectivity index (χ3v) is 7.82. The molecule has 0 unspecified atom stereocenters. The molecular weight excluding hydrogens is 404 g/mol. The average molecular weight is 445 g/mol. The first-order valence-corrected chi connectivity index (χ1v) is 12.0. The molecular formula is C23H40O8. The van der Waals surface area contributed by atoms with E-state index in [1.54, 1.807) is 0 Å². The van der Waals surface area contributed by atoms with Gasteiger partial charge in [-0.3, -0.25) is 0 Å².